The van der Waals surface area contributed by atoms with E-state index in [1.165, 1.54) is 6.08 Å². The van der Waals surface area contributed by atoms with Crippen molar-refractivity contribution in [2.24, 2.45) is 0 Å². The summed E-state index contributed by atoms with van der Waals surface area (Å²) in [5.41, 5.74) is 0. The van der Waals surface area contributed by atoms with Gasteiger partial charge in [-0.1, -0.05) is 24.8 Å². The Morgan fingerprint density at radius 3 is 2.50 bits per heavy atom. The summed E-state index contributed by atoms with van der Waals surface area (Å²) in [6.45, 7) is 8.54. The summed E-state index contributed by atoms with van der Waals surface area (Å²) in [6, 6.07) is 0. The monoisotopic (exact) mass is 80.1 g/mol. The van der Waals surface area contributed by atoms with E-state index in [0.29, 0.717) is 0 Å². The second-order valence-corrected chi connectivity index (χ2v) is 0.909. The molecule has 0 unspecified atom stereocenters. The standard InChI is InChI=1S/C6H8/c1-3-5-6-4-2/h1,3,5-6H,2,4H2. The molecule has 0 spiro atoms. The van der Waals surface area contributed by atoms with E-state index in [4.69, 9.17) is 6.58 Å². The van der Waals surface area contributed by atoms with Gasteiger partial charge in [0.05, 0.1) is 0 Å². The van der Waals surface area contributed by atoms with Crippen LogP contribution in [0.25, 0.3) is 0 Å². The first-order valence-corrected chi connectivity index (χ1v) is 1.91. The third kappa shape index (κ3) is 3.48. The predicted octanol–water partition coefficient (Wildman–Crippen LogP) is 1.76. The zero-order valence-corrected chi connectivity index (χ0v) is 3.72. The molecule has 0 heterocycles. The van der Waals surface area contributed by atoms with Gasteiger partial charge in [-0.05, 0) is 13.3 Å². The molecule has 0 aliphatic heterocycles. The highest BCUT2D eigenvalue weighted by atomic mass is 13.6. The molecule has 0 aliphatic rings. The lowest BCUT2D eigenvalue weighted by atomic mass is 10.4. The fraction of sp³-hybridized carbons (Fsp3) is 0.167. The van der Waals surface area contributed by atoms with Crippen molar-refractivity contribution in [1.82, 2.24) is 0 Å². The van der Waals surface area contributed by atoms with E-state index in [0.717, 1.165) is 6.42 Å². The van der Waals surface area contributed by atoms with E-state index in [9.17, 15) is 0 Å². The van der Waals surface area contributed by atoms with Crippen LogP contribution in [0.4, 0.5) is 0 Å². The molecule has 0 aromatic heterocycles. The normalized spacial score (nSPS) is 9.50. The first-order chi connectivity index (χ1) is 2.91. The second-order valence-electron chi connectivity index (χ2n) is 0.909. The van der Waals surface area contributed by atoms with Gasteiger partial charge in [0.25, 0.3) is 0 Å². The molecule has 0 N–H and O–H groups in total. The van der Waals surface area contributed by atoms with Crippen LogP contribution in [0.3, 0.4) is 0 Å². The van der Waals surface area contributed by atoms with Crippen LogP contribution in [-0.2, 0) is 0 Å². The molecular formula is C6H8. The second kappa shape index (κ2) is 4.48. The average Bonchev–Trinajstić information content (AvgIpc) is 1.61. The van der Waals surface area contributed by atoms with Crippen LogP contribution in [0.5, 0.6) is 0 Å². The molecule has 0 nitrogen and oxygen atoms in total. The summed E-state index contributed by atoms with van der Waals surface area (Å²) in [5, 5.41) is 0. The third-order valence-electron chi connectivity index (χ3n) is 0.414. The highest BCUT2D eigenvalue weighted by molar-refractivity contribution is 4.95. The van der Waals surface area contributed by atoms with Crippen LogP contribution in [0, 0.1) is 13.5 Å². The lowest BCUT2D eigenvalue weighted by Gasteiger charge is -1.67. The summed E-state index contributed by atoms with van der Waals surface area (Å²) in [6.07, 6.45) is 5.96. The fourth-order valence-corrected chi connectivity index (χ4v) is 0.175. The van der Waals surface area contributed by atoms with Crippen molar-refractivity contribution in [3.63, 3.8) is 0 Å². The number of hydrogen-bond acceptors (Lipinski definition) is 0. The van der Waals surface area contributed by atoms with Crippen molar-refractivity contribution in [2.75, 3.05) is 0 Å². The molecule has 0 rings (SSSR count). The highest BCUT2D eigenvalue weighted by Crippen LogP contribution is 1.75. The van der Waals surface area contributed by atoms with Crippen LogP contribution in [0.2, 0.25) is 0 Å². The van der Waals surface area contributed by atoms with Crippen LogP contribution in [0.15, 0.2) is 18.2 Å². The molecule has 0 amide bonds. The topological polar surface area (TPSA) is 0 Å². The molecule has 0 saturated heterocycles. The Morgan fingerprint density at radius 1 is 1.67 bits per heavy atom. The molecule has 0 aromatic carbocycles. The first kappa shape index (κ1) is 5.48. The Labute approximate surface area is 39.2 Å². The zero-order valence-electron chi connectivity index (χ0n) is 3.72. The van der Waals surface area contributed by atoms with Crippen molar-refractivity contribution >= 4 is 0 Å². The average molecular weight is 80.1 g/mol. The van der Waals surface area contributed by atoms with Crippen molar-refractivity contribution in [3.8, 4) is 0 Å². The number of rotatable bonds is 2. The van der Waals surface area contributed by atoms with E-state index >= 15 is 0 Å². The maximum Gasteiger partial charge on any atom is -0.0347 e. The molecule has 0 atom stereocenters. The van der Waals surface area contributed by atoms with Crippen molar-refractivity contribution in [2.45, 2.75) is 6.42 Å². The predicted molar refractivity (Wildman–Crippen MR) is 28.0 cm³/mol. The van der Waals surface area contributed by atoms with Crippen molar-refractivity contribution in [3.05, 3.63) is 31.7 Å². The zero-order chi connectivity index (χ0) is 4.83. The smallest absolute Gasteiger partial charge is 0.0347 e. The van der Waals surface area contributed by atoms with Crippen LogP contribution in [0.1, 0.15) is 6.42 Å². The summed E-state index contributed by atoms with van der Waals surface area (Å²) in [5.74, 6) is 0. The minimum Gasteiger partial charge on any atom is -0.0845 e. The first-order valence-electron chi connectivity index (χ1n) is 1.91. The van der Waals surface area contributed by atoms with Gasteiger partial charge in [0.15, 0.2) is 0 Å². The highest BCUT2D eigenvalue weighted by Gasteiger charge is 1.55. The van der Waals surface area contributed by atoms with Gasteiger partial charge in [-0.25, -0.2) is 0 Å². The Balaban J connectivity index is 2.94. The third-order valence-corrected chi connectivity index (χ3v) is 0.414. The molecule has 0 aromatic rings. The van der Waals surface area contributed by atoms with Crippen molar-refractivity contribution < 1.29 is 0 Å². The Bertz CT molecular complexity index is 51.1. The van der Waals surface area contributed by atoms with Crippen molar-refractivity contribution in [1.29, 1.82) is 0 Å². The number of hydrogen-bond donors (Lipinski definition) is 0. The summed E-state index contributed by atoms with van der Waals surface area (Å²) < 4.78 is 0. The van der Waals surface area contributed by atoms with E-state index in [1.807, 2.05) is 6.08 Å². The van der Waals surface area contributed by atoms with Gasteiger partial charge in [-0.3, -0.25) is 0 Å². The lowest BCUT2D eigenvalue weighted by Crippen LogP contribution is -1.47. The van der Waals surface area contributed by atoms with Gasteiger partial charge in [-0.15, -0.1) is 0 Å². The molecule has 6 heavy (non-hydrogen) atoms. The molecule has 0 bridgehead atoms. The minimum atomic E-state index is 0.813. The quantitative estimate of drug-likeness (QED) is 0.443. The van der Waals surface area contributed by atoms with Crippen LogP contribution >= 0.6 is 0 Å². The molecular weight excluding hydrogens is 72.1 g/mol. The van der Waals surface area contributed by atoms with Gasteiger partial charge in [-0.2, -0.15) is 0 Å². The van der Waals surface area contributed by atoms with Gasteiger partial charge < -0.3 is 0 Å². The molecule has 0 fully saturated rings. The molecule has 32 valence electrons. The minimum absolute atomic E-state index is 0.813. The maximum absolute atomic E-state index is 4.97. The summed E-state index contributed by atoms with van der Waals surface area (Å²) in [4.78, 5) is 0. The molecule has 0 heteroatoms. The fourth-order valence-electron chi connectivity index (χ4n) is 0.175. The van der Waals surface area contributed by atoms with E-state index < -0.39 is 0 Å². The lowest BCUT2D eigenvalue weighted by molar-refractivity contribution is 1.40. The Kier molecular flexibility index (Phi) is 4.09. The van der Waals surface area contributed by atoms with E-state index in [-0.39, 0.29) is 0 Å². The van der Waals surface area contributed by atoms with Crippen LogP contribution in [-0.4, -0.2) is 0 Å². The summed E-state index contributed by atoms with van der Waals surface area (Å²) in [7, 11) is 0. The van der Waals surface area contributed by atoms with Gasteiger partial charge in [0, 0.05) is 0 Å². The SMILES string of the molecule is [CH]=CC=CC[CH2]. The van der Waals surface area contributed by atoms with E-state index in [1.54, 1.807) is 6.08 Å². The largest absolute Gasteiger partial charge is 0.0845 e. The maximum atomic E-state index is 4.97. The van der Waals surface area contributed by atoms with E-state index in [2.05, 4.69) is 6.92 Å². The van der Waals surface area contributed by atoms with Gasteiger partial charge >= 0.3 is 0 Å². The molecule has 0 aliphatic carbocycles. The Hall–Kier alpha value is -0.520. The van der Waals surface area contributed by atoms with Gasteiger partial charge in [0.1, 0.15) is 0 Å². The summed E-state index contributed by atoms with van der Waals surface area (Å²) >= 11 is 0. The number of allylic oxidation sites excluding steroid dienone is 3. The van der Waals surface area contributed by atoms with Gasteiger partial charge in [0.2, 0.25) is 0 Å². The van der Waals surface area contributed by atoms with Crippen LogP contribution < -0.4 is 0 Å². The molecule has 2 radical (unpaired) electrons. The Morgan fingerprint density at radius 2 is 2.33 bits per heavy atom. The molecule has 0 saturated carbocycles.